The fourth-order valence-corrected chi connectivity index (χ4v) is 4.25. The Morgan fingerprint density at radius 1 is 1.18 bits per heavy atom. The number of rotatable bonds is 3. The number of hydrogen-bond acceptors (Lipinski definition) is 7. The van der Waals surface area contributed by atoms with Crippen LogP contribution in [0.5, 0.6) is 0 Å². The summed E-state index contributed by atoms with van der Waals surface area (Å²) in [5.74, 6) is -0.753. The van der Waals surface area contributed by atoms with Gasteiger partial charge >= 0.3 is 12.2 Å². The first-order chi connectivity index (χ1) is 15.7. The molecule has 10 nitrogen and oxygen atoms in total. The number of carbonyl (C=O) groups excluding carboxylic acids is 2. The summed E-state index contributed by atoms with van der Waals surface area (Å²) in [5, 5.41) is 19.9. The van der Waals surface area contributed by atoms with Gasteiger partial charge in [0.1, 0.15) is 12.2 Å². The molecule has 13 heteroatoms. The molecule has 1 saturated heterocycles. The lowest BCUT2D eigenvalue weighted by atomic mass is 10.1. The van der Waals surface area contributed by atoms with Crippen LogP contribution in [-0.4, -0.2) is 60.2 Å². The smallest absolute Gasteiger partial charge is 0.366 e. The van der Waals surface area contributed by atoms with Crippen molar-refractivity contribution in [2.24, 2.45) is 0 Å². The number of carbonyl (C=O) groups is 2. The Morgan fingerprint density at radius 3 is 2.76 bits per heavy atom. The highest BCUT2D eigenvalue weighted by molar-refractivity contribution is 6.05. The average Bonchev–Trinajstić information content (AvgIpc) is 3.34. The molecule has 33 heavy (non-hydrogen) atoms. The van der Waals surface area contributed by atoms with Crippen molar-refractivity contribution in [3.05, 3.63) is 36.0 Å². The highest BCUT2D eigenvalue weighted by Gasteiger charge is 2.40. The van der Waals surface area contributed by atoms with E-state index in [9.17, 15) is 27.9 Å². The van der Waals surface area contributed by atoms with Gasteiger partial charge < -0.3 is 31.3 Å². The maximum Gasteiger partial charge on any atom is 0.405 e. The molecule has 0 spiro atoms. The molecule has 4 heterocycles. The molecule has 0 radical (unpaired) electrons. The Hall–Kier alpha value is -3.74. The van der Waals surface area contributed by atoms with Gasteiger partial charge in [-0.1, -0.05) is 0 Å². The molecular weight excluding hydrogens is 443 g/mol. The van der Waals surface area contributed by atoms with Crippen molar-refractivity contribution in [1.29, 1.82) is 0 Å². The topological polar surface area (TPSA) is 122 Å². The Labute approximate surface area is 185 Å². The quantitative estimate of drug-likeness (QED) is 0.473. The second kappa shape index (κ2) is 7.69. The highest BCUT2D eigenvalue weighted by Crippen LogP contribution is 2.39. The Bertz CT molecular complexity index is 1130. The van der Waals surface area contributed by atoms with Crippen LogP contribution in [0.25, 0.3) is 0 Å². The van der Waals surface area contributed by atoms with Gasteiger partial charge in [-0.3, -0.25) is 9.69 Å². The third-order valence-corrected chi connectivity index (χ3v) is 5.71. The van der Waals surface area contributed by atoms with Gasteiger partial charge in [0.15, 0.2) is 5.82 Å². The number of hydrogen-bond donors (Lipinski definition) is 5. The van der Waals surface area contributed by atoms with Gasteiger partial charge in [0.2, 0.25) is 6.35 Å². The second-order valence-corrected chi connectivity index (χ2v) is 7.98. The summed E-state index contributed by atoms with van der Waals surface area (Å²) in [4.78, 5) is 33.2. The first kappa shape index (κ1) is 21.1. The summed E-state index contributed by atoms with van der Waals surface area (Å²) < 4.78 is 37.4. The Morgan fingerprint density at radius 2 is 1.97 bits per heavy atom. The summed E-state index contributed by atoms with van der Waals surface area (Å²) in [6.45, 7) is -0.196. The Kier molecular flexibility index (Phi) is 4.92. The van der Waals surface area contributed by atoms with E-state index in [4.69, 9.17) is 0 Å². The van der Waals surface area contributed by atoms with Gasteiger partial charge in [0, 0.05) is 18.8 Å². The van der Waals surface area contributed by atoms with Crippen molar-refractivity contribution in [2.75, 3.05) is 45.4 Å². The van der Waals surface area contributed by atoms with Crippen LogP contribution >= 0.6 is 0 Å². The number of pyridine rings is 1. The van der Waals surface area contributed by atoms with Crippen LogP contribution in [0.15, 0.2) is 30.3 Å². The number of benzene rings is 1. The zero-order valence-electron chi connectivity index (χ0n) is 17.1. The lowest BCUT2D eigenvalue weighted by Gasteiger charge is -2.35. The van der Waals surface area contributed by atoms with Crippen molar-refractivity contribution in [1.82, 2.24) is 10.3 Å². The van der Waals surface area contributed by atoms with Crippen LogP contribution in [0.1, 0.15) is 16.9 Å². The van der Waals surface area contributed by atoms with Crippen molar-refractivity contribution in [2.45, 2.75) is 25.0 Å². The zero-order chi connectivity index (χ0) is 23.3. The van der Waals surface area contributed by atoms with Crippen molar-refractivity contribution in [3.8, 4) is 0 Å². The fourth-order valence-electron chi connectivity index (χ4n) is 4.25. The first-order valence-corrected chi connectivity index (χ1v) is 10.2. The molecule has 3 amide bonds. The number of aliphatic hydroxyl groups is 1. The van der Waals surface area contributed by atoms with E-state index in [0.29, 0.717) is 42.3 Å². The van der Waals surface area contributed by atoms with Gasteiger partial charge in [-0.2, -0.15) is 13.2 Å². The predicted molar refractivity (Wildman–Crippen MR) is 114 cm³/mol. The molecule has 5 N–H and O–H groups in total. The number of halogens is 3. The van der Waals surface area contributed by atoms with Gasteiger partial charge in [-0.25, -0.2) is 9.78 Å². The monoisotopic (exact) mass is 463 g/mol. The van der Waals surface area contributed by atoms with E-state index in [1.165, 1.54) is 11.0 Å². The molecule has 5 rings (SSSR count). The number of nitrogens with one attached hydrogen (secondary N) is 4. The summed E-state index contributed by atoms with van der Waals surface area (Å²) in [6.07, 6.45) is -4.78. The molecule has 2 bridgehead atoms. The molecular formula is C20H20F3N7O3. The van der Waals surface area contributed by atoms with Crippen LogP contribution in [0.4, 0.5) is 46.5 Å². The third kappa shape index (κ3) is 4.06. The van der Waals surface area contributed by atoms with Gasteiger partial charge in [0.05, 0.1) is 23.1 Å². The maximum absolute atomic E-state index is 13.2. The number of aromatic nitrogens is 1. The zero-order valence-corrected chi connectivity index (χ0v) is 17.1. The van der Waals surface area contributed by atoms with Crippen LogP contribution < -0.4 is 31.1 Å². The minimum atomic E-state index is -4.54. The Balaban J connectivity index is 1.40. The fraction of sp³-hybridized carbons (Fsp3) is 0.350. The standard InChI is InChI=1S/C20H20F3N7O3/c21-20(22,23)9-24-17(31)13-3-4-15-16(26-13)30(11-5-6-29(15)8-11)19(33)25-10-1-2-12-14(7-10)28-18(32)27-12/h1-4,7,11,18,27-28,32H,5-6,8-9H2,(H,24,31)(H,25,33)/t11-,18?/m0/s1. The highest BCUT2D eigenvalue weighted by atomic mass is 19.4. The number of urea groups is 1. The molecule has 3 aliphatic rings. The molecule has 1 aromatic carbocycles. The van der Waals surface area contributed by atoms with E-state index in [-0.39, 0.29) is 17.6 Å². The minimum Gasteiger partial charge on any atom is -0.366 e. The molecule has 1 unspecified atom stereocenters. The van der Waals surface area contributed by atoms with Crippen molar-refractivity contribution < 1.29 is 27.9 Å². The van der Waals surface area contributed by atoms with E-state index >= 15 is 0 Å². The SMILES string of the molecule is O=C(NCC(F)(F)F)c1ccc2c(n1)N(C(=O)Nc1ccc3c(c1)NC(O)N3)[C@H]1CCN2C1. The largest absolute Gasteiger partial charge is 0.405 e. The van der Waals surface area contributed by atoms with E-state index in [2.05, 4.69) is 20.9 Å². The molecule has 174 valence electrons. The minimum absolute atomic E-state index is 0.200. The molecule has 2 aromatic rings. The van der Waals surface area contributed by atoms with Crippen molar-refractivity contribution >= 4 is 40.5 Å². The number of nitrogens with zero attached hydrogens (tertiary/aromatic N) is 3. The number of alkyl halides is 3. The van der Waals surface area contributed by atoms with E-state index in [1.54, 1.807) is 29.6 Å². The summed E-state index contributed by atoms with van der Waals surface area (Å²) in [5.41, 5.74) is 2.21. The molecule has 2 atom stereocenters. The molecule has 1 aromatic heterocycles. The van der Waals surface area contributed by atoms with E-state index in [0.717, 1.165) is 0 Å². The third-order valence-electron chi connectivity index (χ3n) is 5.71. The normalized spacial score (nSPS) is 20.5. The van der Waals surface area contributed by atoms with Gasteiger partial charge in [-0.15, -0.1) is 0 Å². The predicted octanol–water partition coefficient (Wildman–Crippen LogP) is 2.12. The summed E-state index contributed by atoms with van der Waals surface area (Å²) >= 11 is 0. The molecule has 1 fully saturated rings. The summed E-state index contributed by atoms with van der Waals surface area (Å²) in [6, 6.07) is 7.31. The molecule has 0 aliphatic carbocycles. The van der Waals surface area contributed by atoms with Gasteiger partial charge in [-0.05, 0) is 36.8 Å². The molecule has 0 saturated carbocycles. The lowest BCUT2D eigenvalue weighted by Crippen LogP contribution is -2.48. The van der Waals surface area contributed by atoms with E-state index < -0.39 is 31.0 Å². The van der Waals surface area contributed by atoms with Crippen LogP contribution in [-0.2, 0) is 0 Å². The van der Waals surface area contributed by atoms with Crippen molar-refractivity contribution in [3.63, 3.8) is 0 Å². The molecule has 3 aliphatic heterocycles. The van der Waals surface area contributed by atoms with Crippen LogP contribution in [0.3, 0.4) is 0 Å². The van der Waals surface area contributed by atoms with E-state index in [1.807, 2.05) is 4.90 Å². The van der Waals surface area contributed by atoms with Crippen LogP contribution in [0, 0.1) is 0 Å². The second-order valence-electron chi connectivity index (χ2n) is 7.98. The van der Waals surface area contributed by atoms with Gasteiger partial charge in [0.25, 0.3) is 5.91 Å². The maximum atomic E-state index is 13.2. The van der Waals surface area contributed by atoms with Crippen LogP contribution in [0.2, 0.25) is 0 Å². The number of aliphatic hydroxyl groups excluding tert-OH is 1. The number of anilines is 5. The number of amides is 3. The average molecular weight is 463 g/mol. The summed E-state index contributed by atoms with van der Waals surface area (Å²) in [7, 11) is 0. The lowest BCUT2D eigenvalue weighted by molar-refractivity contribution is -0.123. The number of fused-ring (bicyclic) bond motifs is 5. The first-order valence-electron chi connectivity index (χ1n) is 10.2.